The van der Waals surface area contributed by atoms with Crippen molar-refractivity contribution in [2.45, 2.75) is 35.6 Å². The monoisotopic (exact) mass is 411 g/mol. The second kappa shape index (κ2) is 7.76. The van der Waals surface area contributed by atoms with E-state index in [-0.39, 0.29) is 11.1 Å². The number of hydrogen-bond donors (Lipinski definition) is 1. The minimum absolute atomic E-state index is 0.0494. The molecule has 1 aliphatic rings. The molecular formula is C19H17N5O2S2. The molecule has 1 aromatic carbocycles. The molecule has 0 fully saturated rings. The lowest BCUT2D eigenvalue weighted by molar-refractivity contribution is 0.102. The van der Waals surface area contributed by atoms with Gasteiger partial charge in [0.15, 0.2) is 10.3 Å². The Morgan fingerprint density at radius 1 is 1.18 bits per heavy atom. The third-order valence-electron chi connectivity index (χ3n) is 4.08. The molecule has 4 rings (SSSR count). The van der Waals surface area contributed by atoms with Gasteiger partial charge in [0.25, 0.3) is 11.5 Å². The van der Waals surface area contributed by atoms with Crippen molar-refractivity contribution in [2.75, 3.05) is 11.1 Å². The molecule has 28 heavy (non-hydrogen) atoms. The average Bonchev–Trinajstić information content (AvgIpc) is 3.12. The van der Waals surface area contributed by atoms with Gasteiger partial charge in [-0.2, -0.15) is 0 Å². The average molecular weight is 412 g/mol. The Morgan fingerprint density at radius 3 is 2.61 bits per heavy atom. The van der Waals surface area contributed by atoms with Crippen LogP contribution in [0.3, 0.4) is 0 Å². The first-order chi connectivity index (χ1) is 13.5. The lowest BCUT2D eigenvalue weighted by Crippen LogP contribution is -2.29. The van der Waals surface area contributed by atoms with Gasteiger partial charge in [-0.05, 0) is 55.9 Å². The van der Waals surface area contributed by atoms with Gasteiger partial charge < -0.3 is 5.32 Å². The maximum atomic E-state index is 12.5. The van der Waals surface area contributed by atoms with Crippen LogP contribution in [0.1, 0.15) is 21.7 Å². The Balaban J connectivity index is 1.47. The van der Waals surface area contributed by atoms with Gasteiger partial charge in [-0.3, -0.25) is 14.2 Å². The molecule has 3 heterocycles. The molecule has 1 aliphatic heterocycles. The van der Waals surface area contributed by atoms with Gasteiger partial charge in [0.05, 0.1) is 0 Å². The van der Waals surface area contributed by atoms with Crippen molar-refractivity contribution in [2.24, 2.45) is 0 Å². The Bertz CT molecular complexity index is 1090. The zero-order valence-corrected chi connectivity index (χ0v) is 16.9. The highest BCUT2D eigenvalue weighted by Gasteiger charge is 2.20. The van der Waals surface area contributed by atoms with Crippen LogP contribution in [-0.4, -0.2) is 31.2 Å². The normalized spacial score (nSPS) is 12.6. The smallest absolute Gasteiger partial charge is 0.267 e. The number of carbonyl (C=O) groups is 1. The van der Waals surface area contributed by atoms with Crippen LogP contribution in [-0.2, 0) is 6.54 Å². The highest BCUT2D eigenvalue weighted by atomic mass is 32.2. The number of anilines is 1. The second-order valence-corrected chi connectivity index (χ2v) is 8.38. The van der Waals surface area contributed by atoms with Crippen LogP contribution < -0.4 is 10.9 Å². The Labute approximate surface area is 170 Å². The fourth-order valence-corrected chi connectivity index (χ4v) is 4.60. The van der Waals surface area contributed by atoms with Crippen LogP contribution in [0.2, 0.25) is 0 Å². The summed E-state index contributed by atoms with van der Waals surface area (Å²) in [5.74, 6) is 0.346. The number of benzene rings is 1. The molecule has 0 saturated carbocycles. The second-order valence-electron chi connectivity index (χ2n) is 6.27. The summed E-state index contributed by atoms with van der Waals surface area (Å²) in [4.78, 5) is 38.9. The molecular weight excluding hydrogens is 394 g/mol. The van der Waals surface area contributed by atoms with E-state index in [9.17, 15) is 9.59 Å². The summed E-state index contributed by atoms with van der Waals surface area (Å²) in [6.45, 7) is 4.46. The maximum absolute atomic E-state index is 12.5. The Morgan fingerprint density at radius 2 is 1.89 bits per heavy atom. The minimum atomic E-state index is -0.456. The molecule has 0 spiro atoms. The molecule has 0 atom stereocenters. The molecule has 0 aliphatic carbocycles. The number of amides is 1. The number of hydrogen-bond acceptors (Lipinski definition) is 7. The van der Waals surface area contributed by atoms with Gasteiger partial charge in [0, 0.05) is 40.5 Å². The molecule has 0 saturated heterocycles. The lowest BCUT2D eigenvalue weighted by Gasteiger charge is -2.08. The van der Waals surface area contributed by atoms with Crippen molar-refractivity contribution in [1.82, 2.24) is 19.5 Å². The van der Waals surface area contributed by atoms with Crippen molar-refractivity contribution >= 4 is 35.1 Å². The summed E-state index contributed by atoms with van der Waals surface area (Å²) in [6.07, 6.45) is 1.35. The van der Waals surface area contributed by atoms with Crippen LogP contribution in [0.5, 0.6) is 0 Å². The SMILES string of the molecule is Cc1cc(C)nc(Sc2ccc(NC(=O)c3cnc4n(c3=O)CCS4)cc2)n1. The molecule has 0 radical (unpaired) electrons. The molecule has 0 unspecified atom stereocenters. The van der Waals surface area contributed by atoms with E-state index in [1.54, 1.807) is 16.7 Å². The van der Waals surface area contributed by atoms with E-state index in [4.69, 9.17) is 0 Å². The van der Waals surface area contributed by atoms with Crippen molar-refractivity contribution in [3.8, 4) is 0 Å². The maximum Gasteiger partial charge on any atom is 0.267 e. The molecule has 2 aromatic heterocycles. The summed E-state index contributed by atoms with van der Waals surface area (Å²) < 4.78 is 1.54. The summed E-state index contributed by atoms with van der Waals surface area (Å²) in [6, 6.07) is 9.27. The Kier molecular flexibility index (Phi) is 5.19. The largest absolute Gasteiger partial charge is 0.322 e. The van der Waals surface area contributed by atoms with Gasteiger partial charge >= 0.3 is 0 Å². The van der Waals surface area contributed by atoms with Crippen LogP contribution in [0, 0.1) is 13.8 Å². The first-order valence-corrected chi connectivity index (χ1v) is 10.4. The fraction of sp³-hybridized carbons (Fsp3) is 0.211. The van der Waals surface area contributed by atoms with E-state index in [0.717, 1.165) is 22.0 Å². The summed E-state index contributed by atoms with van der Waals surface area (Å²) in [5.41, 5.74) is 2.20. The van der Waals surface area contributed by atoms with Gasteiger partial charge in [0.2, 0.25) is 0 Å². The van der Waals surface area contributed by atoms with E-state index in [2.05, 4.69) is 20.3 Å². The summed E-state index contributed by atoms with van der Waals surface area (Å²) in [7, 11) is 0. The summed E-state index contributed by atoms with van der Waals surface area (Å²) in [5, 5.41) is 4.11. The number of nitrogens with zero attached hydrogens (tertiary/aromatic N) is 4. The van der Waals surface area contributed by atoms with Gasteiger partial charge in [-0.15, -0.1) is 0 Å². The molecule has 9 heteroatoms. The predicted octanol–water partition coefficient (Wildman–Crippen LogP) is 3.16. The topological polar surface area (TPSA) is 89.8 Å². The van der Waals surface area contributed by atoms with Crippen molar-refractivity contribution in [3.63, 3.8) is 0 Å². The molecule has 7 nitrogen and oxygen atoms in total. The molecule has 3 aromatic rings. The fourth-order valence-electron chi connectivity index (χ4n) is 2.82. The van der Waals surface area contributed by atoms with E-state index in [1.165, 1.54) is 29.7 Å². The van der Waals surface area contributed by atoms with Gasteiger partial charge in [-0.1, -0.05) is 11.8 Å². The predicted molar refractivity (Wildman–Crippen MR) is 109 cm³/mol. The number of thioether (sulfide) groups is 1. The van der Waals surface area contributed by atoms with Crippen LogP contribution >= 0.6 is 23.5 Å². The van der Waals surface area contributed by atoms with E-state index >= 15 is 0 Å². The number of aromatic nitrogens is 4. The zero-order chi connectivity index (χ0) is 19.7. The summed E-state index contributed by atoms with van der Waals surface area (Å²) >= 11 is 2.97. The number of rotatable bonds is 4. The van der Waals surface area contributed by atoms with E-state index in [0.29, 0.717) is 22.5 Å². The van der Waals surface area contributed by atoms with Crippen molar-refractivity contribution < 1.29 is 4.79 Å². The van der Waals surface area contributed by atoms with Crippen molar-refractivity contribution in [1.29, 1.82) is 0 Å². The number of aryl methyl sites for hydroxylation is 2. The molecule has 1 N–H and O–H groups in total. The minimum Gasteiger partial charge on any atom is -0.322 e. The third-order valence-corrected chi connectivity index (χ3v) is 5.93. The number of nitrogens with one attached hydrogen (secondary N) is 1. The zero-order valence-electron chi connectivity index (χ0n) is 15.3. The van der Waals surface area contributed by atoms with Crippen LogP contribution in [0.4, 0.5) is 5.69 Å². The molecule has 142 valence electrons. The Hall–Kier alpha value is -2.65. The lowest BCUT2D eigenvalue weighted by atomic mass is 10.2. The first kappa shape index (κ1) is 18.7. The van der Waals surface area contributed by atoms with Gasteiger partial charge in [-0.25, -0.2) is 15.0 Å². The molecule has 1 amide bonds. The van der Waals surface area contributed by atoms with E-state index < -0.39 is 5.91 Å². The highest BCUT2D eigenvalue weighted by Crippen LogP contribution is 2.26. The first-order valence-electron chi connectivity index (χ1n) is 8.64. The van der Waals surface area contributed by atoms with Crippen LogP contribution in [0.15, 0.2) is 56.5 Å². The molecule has 0 bridgehead atoms. The number of carbonyl (C=O) groups excluding carboxylic acids is 1. The highest BCUT2D eigenvalue weighted by molar-refractivity contribution is 7.99. The van der Waals surface area contributed by atoms with Crippen molar-refractivity contribution in [3.05, 3.63) is 63.8 Å². The van der Waals surface area contributed by atoms with Crippen LogP contribution in [0.25, 0.3) is 0 Å². The number of fused-ring (bicyclic) bond motifs is 1. The third kappa shape index (κ3) is 3.95. The standard InChI is InChI=1S/C19H17N5O2S2/c1-11-9-12(2)22-18(21-11)28-14-5-3-13(4-6-14)23-16(25)15-10-20-19-24(17(15)26)7-8-27-19/h3-6,9-10H,7-8H2,1-2H3,(H,23,25). The van der Waals surface area contributed by atoms with Gasteiger partial charge in [0.1, 0.15) is 5.56 Å². The quantitative estimate of drug-likeness (QED) is 0.660. The van der Waals surface area contributed by atoms with E-state index in [1.807, 2.05) is 32.0 Å².